The van der Waals surface area contributed by atoms with E-state index in [0.717, 1.165) is 55.0 Å². The molecule has 0 saturated heterocycles. The van der Waals surface area contributed by atoms with E-state index in [0.29, 0.717) is 11.5 Å². The highest BCUT2D eigenvalue weighted by molar-refractivity contribution is 5.97. The molecular formula is C21H26N6O. The Morgan fingerprint density at radius 1 is 1.25 bits per heavy atom. The molecule has 1 aromatic carbocycles. The Morgan fingerprint density at radius 2 is 2.11 bits per heavy atom. The molecule has 0 fully saturated rings. The Morgan fingerprint density at radius 3 is 2.96 bits per heavy atom. The minimum Gasteiger partial charge on any atom is -0.342 e. The molecule has 2 N–H and O–H groups in total. The Balaban J connectivity index is 1.61. The van der Waals surface area contributed by atoms with Crippen LogP contribution in [0.15, 0.2) is 36.5 Å². The van der Waals surface area contributed by atoms with Gasteiger partial charge in [-0.1, -0.05) is 32.0 Å². The van der Waals surface area contributed by atoms with Gasteiger partial charge in [0, 0.05) is 37.6 Å². The van der Waals surface area contributed by atoms with Crippen molar-refractivity contribution in [3.05, 3.63) is 53.7 Å². The molecule has 1 unspecified atom stereocenters. The van der Waals surface area contributed by atoms with E-state index in [4.69, 9.17) is 0 Å². The van der Waals surface area contributed by atoms with Gasteiger partial charge in [-0.15, -0.1) is 10.2 Å². The zero-order valence-electron chi connectivity index (χ0n) is 16.4. The third kappa shape index (κ3) is 3.89. The normalized spacial score (nSPS) is 15.2. The Kier molecular flexibility index (Phi) is 5.34. The average molecular weight is 378 g/mol. The van der Waals surface area contributed by atoms with Gasteiger partial charge in [0.1, 0.15) is 5.82 Å². The number of nitrogens with zero attached hydrogens (tertiary/aromatic N) is 4. The van der Waals surface area contributed by atoms with Crippen molar-refractivity contribution < 1.29 is 4.79 Å². The summed E-state index contributed by atoms with van der Waals surface area (Å²) >= 11 is 0. The summed E-state index contributed by atoms with van der Waals surface area (Å²) in [4.78, 5) is 17.4. The van der Waals surface area contributed by atoms with Crippen molar-refractivity contribution in [1.82, 2.24) is 30.4 Å². The van der Waals surface area contributed by atoms with Crippen LogP contribution in [-0.2, 0) is 13.0 Å². The van der Waals surface area contributed by atoms with Crippen molar-refractivity contribution in [2.24, 2.45) is 5.92 Å². The SMILES string of the molecule is CC(C)CC(NC(=O)c1cnc2ccccc2c1)c1nnc2n1CCNCC2. The summed E-state index contributed by atoms with van der Waals surface area (Å²) in [5, 5.41) is 16.3. The number of carbonyl (C=O) groups excluding carboxylic acids is 1. The number of pyridine rings is 1. The molecule has 7 nitrogen and oxygen atoms in total. The molecule has 0 radical (unpaired) electrons. The highest BCUT2D eigenvalue weighted by Gasteiger charge is 2.25. The van der Waals surface area contributed by atoms with Gasteiger partial charge in [-0.2, -0.15) is 0 Å². The highest BCUT2D eigenvalue weighted by atomic mass is 16.1. The molecule has 0 spiro atoms. The summed E-state index contributed by atoms with van der Waals surface area (Å²) in [6, 6.07) is 9.51. The summed E-state index contributed by atoms with van der Waals surface area (Å²) in [5.41, 5.74) is 1.44. The largest absolute Gasteiger partial charge is 0.342 e. The monoisotopic (exact) mass is 378 g/mol. The lowest BCUT2D eigenvalue weighted by molar-refractivity contribution is 0.0928. The van der Waals surface area contributed by atoms with Crippen LogP contribution in [0.1, 0.15) is 48.3 Å². The third-order valence-corrected chi connectivity index (χ3v) is 5.07. The first-order valence-electron chi connectivity index (χ1n) is 9.90. The second-order valence-corrected chi connectivity index (χ2v) is 7.70. The number of rotatable bonds is 5. The Bertz CT molecular complexity index is 980. The summed E-state index contributed by atoms with van der Waals surface area (Å²) < 4.78 is 2.16. The van der Waals surface area contributed by atoms with Gasteiger partial charge in [0.05, 0.1) is 17.1 Å². The van der Waals surface area contributed by atoms with Crippen LogP contribution in [0.2, 0.25) is 0 Å². The quantitative estimate of drug-likeness (QED) is 0.713. The van der Waals surface area contributed by atoms with E-state index in [1.54, 1.807) is 6.20 Å². The molecule has 3 aromatic rings. The molecule has 146 valence electrons. The van der Waals surface area contributed by atoms with Crippen LogP contribution in [0, 0.1) is 5.92 Å². The number of benzene rings is 1. The molecular weight excluding hydrogens is 352 g/mol. The highest BCUT2D eigenvalue weighted by Crippen LogP contribution is 2.22. The van der Waals surface area contributed by atoms with Crippen LogP contribution in [0.25, 0.3) is 10.9 Å². The van der Waals surface area contributed by atoms with Gasteiger partial charge in [0.2, 0.25) is 0 Å². The zero-order chi connectivity index (χ0) is 19.5. The van der Waals surface area contributed by atoms with Crippen LogP contribution < -0.4 is 10.6 Å². The molecule has 1 aliphatic rings. The van der Waals surface area contributed by atoms with E-state index in [9.17, 15) is 4.79 Å². The van der Waals surface area contributed by atoms with Crippen molar-refractivity contribution in [2.75, 3.05) is 13.1 Å². The van der Waals surface area contributed by atoms with E-state index in [2.05, 4.69) is 44.2 Å². The molecule has 1 amide bonds. The van der Waals surface area contributed by atoms with Crippen LogP contribution in [0.4, 0.5) is 0 Å². The molecule has 3 heterocycles. The molecule has 28 heavy (non-hydrogen) atoms. The van der Waals surface area contributed by atoms with Gasteiger partial charge in [0.25, 0.3) is 5.91 Å². The van der Waals surface area contributed by atoms with E-state index < -0.39 is 0 Å². The minimum absolute atomic E-state index is 0.131. The number of amides is 1. The molecule has 1 atom stereocenters. The molecule has 0 saturated carbocycles. The number of hydrogen-bond acceptors (Lipinski definition) is 5. The Labute approximate surface area is 164 Å². The molecule has 4 rings (SSSR count). The predicted octanol–water partition coefficient (Wildman–Crippen LogP) is 2.49. The van der Waals surface area contributed by atoms with Crippen molar-refractivity contribution in [3.63, 3.8) is 0 Å². The maximum atomic E-state index is 13.0. The summed E-state index contributed by atoms with van der Waals surface area (Å²) in [7, 11) is 0. The van der Waals surface area contributed by atoms with Crippen LogP contribution in [0.3, 0.4) is 0 Å². The van der Waals surface area contributed by atoms with Crippen molar-refractivity contribution >= 4 is 16.8 Å². The fourth-order valence-electron chi connectivity index (χ4n) is 3.69. The van der Waals surface area contributed by atoms with E-state index >= 15 is 0 Å². The second-order valence-electron chi connectivity index (χ2n) is 7.70. The first kappa shape index (κ1) is 18.6. The maximum Gasteiger partial charge on any atom is 0.253 e. The third-order valence-electron chi connectivity index (χ3n) is 5.07. The summed E-state index contributed by atoms with van der Waals surface area (Å²) in [5.74, 6) is 2.11. The van der Waals surface area contributed by atoms with Crippen molar-refractivity contribution in [2.45, 2.75) is 39.3 Å². The van der Waals surface area contributed by atoms with E-state index in [1.807, 2.05) is 30.3 Å². The molecule has 1 aliphatic heterocycles. The summed E-state index contributed by atoms with van der Waals surface area (Å²) in [6.07, 6.45) is 3.29. The number of fused-ring (bicyclic) bond motifs is 2. The van der Waals surface area contributed by atoms with Gasteiger partial charge < -0.3 is 15.2 Å². The number of para-hydroxylation sites is 1. The van der Waals surface area contributed by atoms with Gasteiger partial charge in [0.15, 0.2) is 5.82 Å². The zero-order valence-corrected chi connectivity index (χ0v) is 16.4. The van der Waals surface area contributed by atoms with Gasteiger partial charge in [-0.3, -0.25) is 9.78 Å². The molecule has 2 aromatic heterocycles. The second kappa shape index (κ2) is 8.06. The number of aromatic nitrogens is 4. The Hall–Kier alpha value is -2.80. The van der Waals surface area contributed by atoms with Gasteiger partial charge in [-0.05, 0) is 24.5 Å². The average Bonchev–Trinajstić information content (AvgIpc) is 2.95. The lowest BCUT2D eigenvalue weighted by Gasteiger charge is -2.21. The number of carbonyl (C=O) groups is 1. The predicted molar refractivity (Wildman–Crippen MR) is 108 cm³/mol. The smallest absolute Gasteiger partial charge is 0.253 e. The fourth-order valence-corrected chi connectivity index (χ4v) is 3.69. The molecule has 0 aliphatic carbocycles. The molecule has 7 heteroatoms. The molecule has 0 bridgehead atoms. The van der Waals surface area contributed by atoms with Crippen LogP contribution >= 0.6 is 0 Å². The van der Waals surface area contributed by atoms with E-state index in [1.165, 1.54) is 0 Å². The van der Waals surface area contributed by atoms with Crippen LogP contribution in [-0.4, -0.2) is 38.7 Å². The van der Waals surface area contributed by atoms with E-state index in [-0.39, 0.29) is 11.9 Å². The fraction of sp³-hybridized carbons (Fsp3) is 0.429. The van der Waals surface area contributed by atoms with Crippen molar-refractivity contribution in [3.8, 4) is 0 Å². The number of hydrogen-bond donors (Lipinski definition) is 2. The van der Waals surface area contributed by atoms with Gasteiger partial charge >= 0.3 is 0 Å². The lowest BCUT2D eigenvalue weighted by atomic mass is 10.0. The topological polar surface area (TPSA) is 84.7 Å². The number of nitrogens with one attached hydrogen (secondary N) is 2. The van der Waals surface area contributed by atoms with Crippen LogP contribution in [0.5, 0.6) is 0 Å². The first-order valence-corrected chi connectivity index (χ1v) is 9.90. The maximum absolute atomic E-state index is 13.0. The van der Waals surface area contributed by atoms with Gasteiger partial charge in [-0.25, -0.2) is 0 Å². The first-order chi connectivity index (χ1) is 13.6. The lowest BCUT2D eigenvalue weighted by Crippen LogP contribution is -2.32. The standard InChI is InChI=1S/C21H26N6O/c1-14(2)11-18(20-26-25-19-7-8-22-9-10-27(19)20)24-21(28)16-12-15-5-3-4-6-17(15)23-13-16/h3-6,12-14,18,22H,7-11H2,1-2H3,(H,24,28). The summed E-state index contributed by atoms with van der Waals surface area (Å²) in [6.45, 7) is 6.91. The van der Waals surface area contributed by atoms with Crippen molar-refractivity contribution in [1.29, 1.82) is 0 Å². The minimum atomic E-state index is -0.182.